The van der Waals surface area contributed by atoms with E-state index in [2.05, 4.69) is 15.9 Å². The lowest BCUT2D eigenvalue weighted by Gasteiger charge is -2.06. The van der Waals surface area contributed by atoms with Gasteiger partial charge in [0.1, 0.15) is 11.5 Å². The van der Waals surface area contributed by atoms with E-state index in [1.165, 1.54) is 13.2 Å². The number of hydrogen-bond donors (Lipinski definition) is 1. The summed E-state index contributed by atoms with van der Waals surface area (Å²) in [5.41, 5.74) is 1.12. The molecule has 0 saturated heterocycles. The molecule has 0 atom stereocenters. The Hall–Kier alpha value is -1.29. The van der Waals surface area contributed by atoms with Gasteiger partial charge in [0.25, 0.3) is 0 Å². The van der Waals surface area contributed by atoms with Crippen molar-refractivity contribution in [3.05, 3.63) is 33.8 Å². The standard InChI is InChI=1S/C12H13BrO3/c1-7(2)11(13)12(15)9-5-4-8(16-3)6-10(9)14/h4-6,14H,1-3H3. The number of rotatable bonds is 3. The molecule has 4 heteroatoms. The first kappa shape index (κ1) is 12.8. The number of methoxy groups -OCH3 is 1. The molecule has 86 valence electrons. The lowest BCUT2D eigenvalue weighted by atomic mass is 10.1. The Bertz CT molecular complexity index is 446. The minimum absolute atomic E-state index is 0.0810. The van der Waals surface area contributed by atoms with E-state index in [1.807, 2.05) is 13.8 Å². The van der Waals surface area contributed by atoms with Crippen LogP contribution in [0.4, 0.5) is 0 Å². The lowest BCUT2D eigenvalue weighted by Crippen LogP contribution is -2.00. The number of carbonyl (C=O) groups is 1. The number of carbonyl (C=O) groups excluding carboxylic acids is 1. The number of benzene rings is 1. The third-order valence-electron chi connectivity index (χ3n) is 2.09. The fourth-order valence-corrected chi connectivity index (χ4v) is 1.39. The summed E-state index contributed by atoms with van der Waals surface area (Å²) in [6.45, 7) is 3.64. The fourth-order valence-electron chi connectivity index (χ4n) is 1.18. The summed E-state index contributed by atoms with van der Waals surface area (Å²) >= 11 is 3.20. The number of phenolic OH excluding ortho intramolecular Hbond substituents is 1. The SMILES string of the molecule is COc1ccc(C(=O)C(Br)=C(C)C)c(O)c1. The second-order valence-corrected chi connectivity index (χ2v) is 4.32. The van der Waals surface area contributed by atoms with Gasteiger partial charge in [0, 0.05) is 6.07 Å². The molecule has 1 aromatic carbocycles. The Labute approximate surface area is 103 Å². The van der Waals surface area contributed by atoms with E-state index in [0.717, 1.165) is 5.57 Å². The smallest absolute Gasteiger partial charge is 0.203 e. The molecule has 0 saturated carbocycles. The zero-order valence-electron chi connectivity index (χ0n) is 9.37. The number of allylic oxidation sites excluding steroid dienone is 2. The van der Waals surface area contributed by atoms with Crippen LogP contribution >= 0.6 is 15.9 Å². The van der Waals surface area contributed by atoms with Crippen LogP contribution in [0.5, 0.6) is 11.5 Å². The Balaban J connectivity index is 3.16. The summed E-state index contributed by atoms with van der Waals surface area (Å²) in [5.74, 6) is 0.199. The largest absolute Gasteiger partial charge is 0.507 e. The van der Waals surface area contributed by atoms with Gasteiger partial charge >= 0.3 is 0 Å². The van der Waals surface area contributed by atoms with Gasteiger partial charge in [0.05, 0.1) is 17.2 Å². The van der Waals surface area contributed by atoms with Crippen LogP contribution in [0.25, 0.3) is 0 Å². The highest BCUT2D eigenvalue weighted by atomic mass is 79.9. The first-order chi connectivity index (χ1) is 7.47. The molecule has 0 radical (unpaired) electrons. The van der Waals surface area contributed by atoms with Crippen LogP contribution in [-0.4, -0.2) is 18.0 Å². The van der Waals surface area contributed by atoms with Gasteiger partial charge in [0.2, 0.25) is 5.78 Å². The summed E-state index contributed by atoms with van der Waals surface area (Å²) < 4.78 is 5.41. The first-order valence-corrected chi connectivity index (χ1v) is 5.51. The second-order valence-electron chi connectivity index (χ2n) is 3.53. The fraction of sp³-hybridized carbons (Fsp3) is 0.250. The van der Waals surface area contributed by atoms with E-state index in [1.54, 1.807) is 12.1 Å². The van der Waals surface area contributed by atoms with Gasteiger partial charge in [-0.3, -0.25) is 4.79 Å². The van der Waals surface area contributed by atoms with E-state index in [4.69, 9.17) is 4.74 Å². The molecule has 0 bridgehead atoms. The highest BCUT2D eigenvalue weighted by molar-refractivity contribution is 9.12. The Kier molecular flexibility index (Phi) is 4.12. The van der Waals surface area contributed by atoms with Gasteiger partial charge in [-0.25, -0.2) is 0 Å². The molecule has 16 heavy (non-hydrogen) atoms. The van der Waals surface area contributed by atoms with Gasteiger partial charge in [-0.15, -0.1) is 0 Å². The van der Waals surface area contributed by atoms with E-state index in [0.29, 0.717) is 10.2 Å². The van der Waals surface area contributed by atoms with Crippen LogP contribution in [0, 0.1) is 0 Å². The summed E-state index contributed by atoms with van der Waals surface area (Å²) in [7, 11) is 1.50. The van der Waals surface area contributed by atoms with Crippen molar-refractivity contribution in [1.29, 1.82) is 0 Å². The number of aromatic hydroxyl groups is 1. The zero-order valence-corrected chi connectivity index (χ0v) is 11.0. The second kappa shape index (κ2) is 5.16. The van der Waals surface area contributed by atoms with Crippen molar-refractivity contribution < 1.29 is 14.6 Å². The van der Waals surface area contributed by atoms with E-state index < -0.39 is 0 Å². The van der Waals surface area contributed by atoms with Crippen LogP contribution in [-0.2, 0) is 0 Å². The monoisotopic (exact) mass is 284 g/mol. The number of ketones is 1. The summed E-state index contributed by atoms with van der Waals surface area (Å²) in [6.07, 6.45) is 0. The van der Waals surface area contributed by atoms with Crippen LogP contribution < -0.4 is 4.74 Å². The minimum Gasteiger partial charge on any atom is -0.507 e. The number of ether oxygens (including phenoxy) is 1. The van der Waals surface area contributed by atoms with Crippen LogP contribution in [0.15, 0.2) is 28.3 Å². The van der Waals surface area contributed by atoms with Crippen molar-refractivity contribution in [2.24, 2.45) is 0 Å². The van der Waals surface area contributed by atoms with Crippen molar-refractivity contribution in [3.8, 4) is 11.5 Å². The molecule has 1 aromatic rings. The molecule has 0 heterocycles. The molecule has 1 rings (SSSR count). The lowest BCUT2D eigenvalue weighted by molar-refractivity contribution is 0.104. The van der Waals surface area contributed by atoms with Gasteiger partial charge < -0.3 is 9.84 Å². The predicted octanol–water partition coefficient (Wildman–Crippen LogP) is 3.27. The molecule has 3 nitrogen and oxygen atoms in total. The maximum absolute atomic E-state index is 11.9. The van der Waals surface area contributed by atoms with Gasteiger partial charge in [-0.05, 0) is 41.9 Å². The average molecular weight is 285 g/mol. The first-order valence-electron chi connectivity index (χ1n) is 4.72. The molecule has 0 aliphatic carbocycles. The summed E-state index contributed by atoms with van der Waals surface area (Å²) in [6, 6.07) is 4.59. The van der Waals surface area contributed by atoms with Gasteiger partial charge in [-0.2, -0.15) is 0 Å². The third-order valence-corrected chi connectivity index (χ3v) is 3.24. The third kappa shape index (κ3) is 2.64. The maximum Gasteiger partial charge on any atom is 0.203 e. The molecule has 0 fully saturated rings. The van der Waals surface area contributed by atoms with Gasteiger partial charge in [-0.1, -0.05) is 5.57 Å². The summed E-state index contributed by atoms with van der Waals surface area (Å²) in [4.78, 5) is 11.9. The molecule has 0 spiro atoms. The quantitative estimate of drug-likeness (QED) is 0.685. The van der Waals surface area contributed by atoms with Crippen molar-refractivity contribution in [2.75, 3.05) is 7.11 Å². The minimum atomic E-state index is -0.236. The number of phenols is 1. The van der Waals surface area contributed by atoms with Crippen molar-refractivity contribution in [1.82, 2.24) is 0 Å². The molecule has 0 amide bonds. The zero-order chi connectivity index (χ0) is 12.3. The molecule has 0 aromatic heterocycles. The summed E-state index contributed by atoms with van der Waals surface area (Å²) in [5, 5.41) is 9.68. The van der Waals surface area contributed by atoms with Crippen LogP contribution in [0.1, 0.15) is 24.2 Å². The van der Waals surface area contributed by atoms with Crippen LogP contribution in [0.2, 0.25) is 0 Å². The maximum atomic E-state index is 11.9. The van der Waals surface area contributed by atoms with E-state index >= 15 is 0 Å². The molecular weight excluding hydrogens is 272 g/mol. The van der Waals surface area contributed by atoms with Crippen LogP contribution in [0.3, 0.4) is 0 Å². The normalized spacial score (nSPS) is 9.75. The molecule has 0 aliphatic heterocycles. The predicted molar refractivity (Wildman–Crippen MR) is 66.3 cm³/mol. The molecular formula is C12H13BrO3. The number of Topliss-reactive ketones (excluding diaryl/α,β-unsaturated/α-hetero) is 1. The van der Waals surface area contributed by atoms with Crippen molar-refractivity contribution in [2.45, 2.75) is 13.8 Å². The average Bonchev–Trinajstić information content (AvgIpc) is 2.26. The topological polar surface area (TPSA) is 46.5 Å². The Morgan fingerprint density at radius 3 is 2.44 bits per heavy atom. The Morgan fingerprint density at radius 2 is 2.00 bits per heavy atom. The highest BCUT2D eigenvalue weighted by Gasteiger charge is 2.15. The molecule has 0 aliphatic rings. The number of halogens is 1. The number of hydrogen-bond acceptors (Lipinski definition) is 3. The highest BCUT2D eigenvalue weighted by Crippen LogP contribution is 2.27. The van der Waals surface area contributed by atoms with Crippen molar-refractivity contribution >= 4 is 21.7 Å². The van der Waals surface area contributed by atoms with Crippen molar-refractivity contribution in [3.63, 3.8) is 0 Å². The Morgan fingerprint density at radius 1 is 1.38 bits per heavy atom. The molecule has 0 unspecified atom stereocenters. The molecule has 1 N–H and O–H groups in total. The van der Waals surface area contributed by atoms with E-state index in [9.17, 15) is 9.90 Å². The van der Waals surface area contributed by atoms with Gasteiger partial charge in [0.15, 0.2) is 0 Å². The van der Waals surface area contributed by atoms with E-state index in [-0.39, 0.29) is 17.1 Å².